The fourth-order valence-electron chi connectivity index (χ4n) is 4.54. The molecule has 0 saturated carbocycles. The van der Waals surface area contributed by atoms with Gasteiger partial charge in [0.1, 0.15) is 5.82 Å². The van der Waals surface area contributed by atoms with Crippen LogP contribution in [-0.2, 0) is 17.9 Å². The van der Waals surface area contributed by atoms with Gasteiger partial charge >= 0.3 is 0 Å². The van der Waals surface area contributed by atoms with Crippen molar-refractivity contribution < 1.29 is 14.3 Å². The van der Waals surface area contributed by atoms with E-state index in [4.69, 9.17) is 0 Å². The zero-order chi connectivity index (χ0) is 20.3. The van der Waals surface area contributed by atoms with Crippen molar-refractivity contribution in [3.8, 4) is 0 Å². The molecule has 2 aliphatic rings. The number of benzene rings is 1. The number of rotatable bonds is 6. The van der Waals surface area contributed by atoms with E-state index in [2.05, 4.69) is 10.00 Å². The second-order valence-electron chi connectivity index (χ2n) is 8.44. The molecule has 2 aromatic rings. The lowest BCUT2D eigenvalue weighted by molar-refractivity contribution is -0.160. The normalized spacial score (nSPS) is 24.2. The van der Waals surface area contributed by atoms with E-state index in [0.717, 1.165) is 44.5 Å². The largest absolute Gasteiger partial charge is 0.379 e. The molecule has 1 aromatic heterocycles. The van der Waals surface area contributed by atoms with Crippen molar-refractivity contribution >= 4 is 5.91 Å². The van der Waals surface area contributed by atoms with Gasteiger partial charge in [-0.15, -0.1) is 0 Å². The van der Waals surface area contributed by atoms with Crippen LogP contribution in [-0.4, -0.2) is 62.4 Å². The lowest BCUT2D eigenvalue weighted by atomic mass is 9.89. The Kier molecular flexibility index (Phi) is 5.96. The number of aromatic nitrogens is 2. The summed E-state index contributed by atoms with van der Waals surface area (Å²) in [6.07, 6.45) is 7.16. The van der Waals surface area contributed by atoms with Gasteiger partial charge < -0.3 is 10.0 Å². The molecule has 0 radical (unpaired) electrons. The average molecular weight is 400 g/mol. The van der Waals surface area contributed by atoms with Crippen LogP contribution in [0.1, 0.15) is 31.2 Å². The minimum atomic E-state index is -1.33. The molecule has 6 nitrogen and oxygen atoms in total. The highest BCUT2D eigenvalue weighted by Gasteiger charge is 2.43. The number of hydrogen-bond acceptors (Lipinski definition) is 4. The summed E-state index contributed by atoms with van der Waals surface area (Å²) in [6.45, 7) is 4.13. The highest BCUT2D eigenvalue weighted by Crippen LogP contribution is 2.28. The van der Waals surface area contributed by atoms with E-state index in [-0.39, 0.29) is 11.7 Å². The van der Waals surface area contributed by atoms with Gasteiger partial charge in [-0.1, -0.05) is 12.1 Å². The number of amides is 1. The standard InChI is InChI=1S/C22H29FN4O2/c23-20-5-3-18(4-6-20)15-26-11-1-9-22(29,21(26)28)17-25-13-7-19(8-14-25)16-27-12-2-10-24-27/h2-6,10,12,19,29H,1,7-9,11,13-17H2. The Balaban J connectivity index is 1.31. The van der Waals surface area contributed by atoms with Crippen LogP contribution >= 0.6 is 0 Å². The summed E-state index contributed by atoms with van der Waals surface area (Å²) >= 11 is 0. The molecule has 2 aliphatic heterocycles. The molecule has 0 aliphatic carbocycles. The molecule has 1 N–H and O–H groups in total. The van der Waals surface area contributed by atoms with Crippen LogP contribution in [0.15, 0.2) is 42.7 Å². The third-order valence-corrected chi connectivity index (χ3v) is 6.19. The van der Waals surface area contributed by atoms with Crippen LogP contribution in [0.4, 0.5) is 4.39 Å². The molecule has 3 heterocycles. The SMILES string of the molecule is O=C1N(Cc2ccc(F)cc2)CCCC1(O)CN1CCC(Cn2cccn2)CC1. The van der Waals surface area contributed by atoms with Crippen LogP contribution in [0, 0.1) is 11.7 Å². The lowest BCUT2D eigenvalue weighted by Gasteiger charge is -2.42. The average Bonchev–Trinajstić information content (AvgIpc) is 3.22. The Morgan fingerprint density at radius 3 is 2.62 bits per heavy atom. The van der Waals surface area contributed by atoms with E-state index in [9.17, 15) is 14.3 Å². The van der Waals surface area contributed by atoms with Crippen LogP contribution < -0.4 is 0 Å². The molecule has 1 unspecified atom stereocenters. The molecule has 2 fully saturated rings. The predicted octanol–water partition coefficient (Wildman–Crippen LogP) is 2.29. The van der Waals surface area contributed by atoms with E-state index in [0.29, 0.717) is 32.0 Å². The molecule has 1 aromatic carbocycles. The Hall–Kier alpha value is -2.25. The molecule has 2 saturated heterocycles. The zero-order valence-corrected chi connectivity index (χ0v) is 16.7. The quantitative estimate of drug-likeness (QED) is 0.808. The predicted molar refractivity (Wildman–Crippen MR) is 107 cm³/mol. The second kappa shape index (κ2) is 8.63. The van der Waals surface area contributed by atoms with Crippen molar-refractivity contribution in [1.82, 2.24) is 19.6 Å². The van der Waals surface area contributed by atoms with Gasteiger partial charge in [-0.2, -0.15) is 5.10 Å². The molecule has 7 heteroatoms. The molecule has 156 valence electrons. The number of halogens is 1. The third kappa shape index (κ3) is 4.85. The fourth-order valence-corrected chi connectivity index (χ4v) is 4.54. The van der Waals surface area contributed by atoms with E-state index < -0.39 is 5.60 Å². The Labute approximate surface area is 170 Å². The van der Waals surface area contributed by atoms with E-state index >= 15 is 0 Å². The van der Waals surface area contributed by atoms with Crippen molar-refractivity contribution in [3.63, 3.8) is 0 Å². The second-order valence-corrected chi connectivity index (χ2v) is 8.44. The highest BCUT2D eigenvalue weighted by atomic mass is 19.1. The van der Waals surface area contributed by atoms with Gasteiger partial charge in [-0.25, -0.2) is 4.39 Å². The van der Waals surface area contributed by atoms with Crippen LogP contribution in [0.25, 0.3) is 0 Å². The number of aliphatic hydroxyl groups is 1. The van der Waals surface area contributed by atoms with E-state index in [1.807, 2.05) is 16.9 Å². The van der Waals surface area contributed by atoms with Crippen molar-refractivity contribution in [2.45, 2.75) is 44.4 Å². The number of carbonyl (C=O) groups excluding carboxylic acids is 1. The number of hydrogen-bond donors (Lipinski definition) is 1. The summed E-state index contributed by atoms with van der Waals surface area (Å²) in [4.78, 5) is 17.0. The van der Waals surface area contributed by atoms with Gasteiger partial charge in [0.25, 0.3) is 5.91 Å². The van der Waals surface area contributed by atoms with Crippen molar-refractivity contribution in [2.75, 3.05) is 26.2 Å². The first-order valence-electron chi connectivity index (χ1n) is 10.5. The molecule has 1 atom stereocenters. The Morgan fingerprint density at radius 2 is 1.93 bits per heavy atom. The van der Waals surface area contributed by atoms with Crippen LogP contribution in [0.3, 0.4) is 0 Å². The maximum atomic E-state index is 13.1. The highest BCUT2D eigenvalue weighted by molar-refractivity contribution is 5.86. The van der Waals surface area contributed by atoms with Crippen molar-refractivity contribution in [2.24, 2.45) is 5.92 Å². The molecule has 0 bridgehead atoms. The van der Waals surface area contributed by atoms with Crippen LogP contribution in [0.2, 0.25) is 0 Å². The third-order valence-electron chi connectivity index (χ3n) is 6.19. The van der Waals surface area contributed by atoms with E-state index in [1.54, 1.807) is 23.2 Å². The molecule has 29 heavy (non-hydrogen) atoms. The maximum Gasteiger partial charge on any atom is 0.256 e. The van der Waals surface area contributed by atoms with Crippen molar-refractivity contribution in [1.29, 1.82) is 0 Å². The number of nitrogens with zero attached hydrogens (tertiary/aromatic N) is 4. The number of likely N-dealkylation sites (tertiary alicyclic amines) is 2. The summed E-state index contributed by atoms with van der Waals surface area (Å²) in [5.74, 6) is 0.0933. The van der Waals surface area contributed by atoms with Gasteiger partial charge in [0.05, 0.1) is 0 Å². The fraction of sp³-hybridized carbons (Fsp3) is 0.545. The summed E-state index contributed by atoms with van der Waals surface area (Å²) in [7, 11) is 0. The lowest BCUT2D eigenvalue weighted by Crippen LogP contribution is -2.59. The number of β-amino-alcohol motifs (C(OH)–C–C–N with tert-alkyl or cyclic N) is 1. The van der Waals surface area contributed by atoms with Gasteiger partial charge in [-0.3, -0.25) is 14.4 Å². The van der Waals surface area contributed by atoms with Crippen LogP contribution in [0.5, 0.6) is 0 Å². The number of piperidine rings is 2. The molecular formula is C22H29FN4O2. The summed E-state index contributed by atoms with van der Waals surface area (Å²) in [6, 6.07) is 8.14. The smallest absolute Gasteiger partial charge is 0.256 e. The zero-order valence-electron chi connectivity index (χ0n) is 16.7. The first-order valence-corrected chi connectivity index (χ1v) is 10.5. The van der Waals surface area contributed by atoms with E-state index in [1.165, 1.54) is 12.1 Å². The minimum absolute atomic E-state index is 0.202. The molecule has 1 amide bonds. The topological polar surface area (TPSA) is 61.6 Å². The monoisotopic (exact) mass is 400 g/mol. The van der Waals surface area contributed by atoms with Gasteiger partial charge in [-0.05, 0) is 68.5 Å². The van der Waals surface area contributed by atoms with Gasteiger partial charge in [0.15, 0.2) is 5.60 Å². The summed E-state index contributed by atoms with van der Waals surface area (Å²) in [5.41, 5.74) is -0.448. The minimum Gasteiger partial charge on any atom is -0.379 e. The maximum absolute atomic E-state index is 13.1. The molecule has 4 rings (SSSR count). The first kappa shape index (κ1) is 20.0. The summed E-state index contributed by atoms with van der Waals surface area (Å²) < 4.78 is 15.1. The summed E-state index contributed by atoms with van der Waals surface area (Å²) in [5, 5.41) is 15.4. The Bertz CT molecular complexity index is 803. The van der Waals surface area contributed by atoms with Gasteiger partial charge in [0.2, 0.25) is 0 Å². The first-order chi connectivity index (χ1) is 14.0. The number of carbonyl (C=O) groups is 1. The van der Waals surface area contributed by atoms with Gasteiger partial charge in [0, 0.05) is 38.6 Å². The molecule has 0 spiro atoms. The Morgan fingerprint density at radius 1 is 1.17 bits per heavy atom. The van der Waals surface area contributed by atoms with Crippen molar-refractivity contribution in [3.05, 3.63) is 54.1 Å². The molecular weight excluding hydrogens is 371 g/mol.